The van der Waals surface area contributed by atoms with Gasteiger partial charge in [0, 0.05) is 12.7 Å². The first kappa shape index (κ1) is 12.5. The number of anilines is 2. The van der Waals surface area contributed by atoms with E-state index in [0.717, 1.165) is 17.8 Å². The zero-order chi connectivity index (χ0) is 14.1. The SMILES string of the molecule is Cc1cnc(N)c(C(=O)c2cccc3c2OCCN3)c1. The van der Waals surface area contributed by atoms with Crippen LogP contribution in [0.4, 0.5) is 11.5 Å². The molecule has 5 nitrogen and oxygen atoms in total. The van der Waals surface area contributed by atoms with Crippen molar-refractivity contribution < 1.29 is 9.53 Å². The molecule has 2 aromatic rings. The largest absolute Gasteiger partial charge is 0.489 e. The van der Waals surface area contributed by atoms with Crippen LogP contribution in [0.3, 0.4) is 0 Å². The highest BCUT2D eigenvalue weighted by Crippen LogP contribution is 2.33. The van der Waals surface area contributed by atoms with Gasteiger partial charge in [0.2, 0.25) is 5.78 Å². The third-order valence-electron chi connectivity index (χ3n) is 3.22. The molecule has 0 atom stereocenters. The number of ketones is 1. The molecule has 5 heteroatoms. The number of aromatic nitrogens is 1. The van der Waals surface area contributed by atoms with Crippen LogP contribution in [-0.4, -0.2) is 23.9 Å². The van der Waals surface area contributed by atoms with Crippen LogP contribution in [0.1, 0.15) is 21.5 Å². The van der Waals surface area contributed by atoms with Crippen molar-refractivity contribution in [3.63, 3.8) is 0 Å². The molecule has 0 unspecified atom stereocenters. The smallest absolute Gasteiger partial charge is 0.200 e. The molecule has 0 spiro atoms. The van der Waals surface area contributed by atoms with Crippen LogP contribution in [-0.2, 0) is 0 Å². The summed E-state index contributed by atoms with van der Waals surface area (Å²) >= 11 is 0. The number of fused-ring (bicyclic) bond motifs is 1. The lowest BCUT2D eigenvalue weighted by molar-refractivity contribution is 0.103. The van der Waals surface area contributed by atoms with Crippen LogP contribution in [0.5, 0.6) is 5.75 Å². The summed E-state index contributed by atoms with van der Waals surface area (Å²) in [4.78, 5) is 16.7. The first-order valence-electron chi connectivity index (χ1n) is 6.43. The fourth-order valence-electron chi connectivity index (χ4n) is 2.26. The van der Waals surface area contributed by atoms with Gasteiger partial charge in [0.1, 0.15) is 12.4 Å². The molecule has 1 aliphatic heterocycles. The highest BCUT2D eigenvalue weighted by molar-refractivity contribution is 6.14. The molecule has 3 N–H and O–H groups in total. The van der Waals surface area contributed by atoms with Gasteiger partial charge in [-0.1, -0.05) is 6.07 Å². The lowest BCUT2D eigenvalue weighted by Gasteiger charge is -2.21. The minimum atomic E-state index is -0.167. The maximum atomic E-state index is 12.7. The van der Waals surface area contributed by atoms with E-state index in [2.05, 4.69) is 10.3 Å². The van der Waals surface area contributed by atoms with Crippen LogP contribution in [0.2, 0.25) is 0 Å². The molecule has 0 amide bonds. The Bertz CT molecular complexity index is 683. The Morgan fingerprint density at radius 3 is 3.10 bits per heavy atom. The van der Waals surface area contributed by atoms with Crippen LogP contribution >= 0.6 is 0 Å². The number of nitrogens with one attached hydrogen (secondary N) is 1. The number of hydrogen-bond donors (Lipinski definition) is 2. The van der Waals surface area contributed by atoms with E-state index in [1.165, 1.54) is 0 Å². The average Bonchev–Trinajstić information content (AvgIpc) is 2.48. The summed E-state index contributed by atoms with van der Waals surface area (Å²) in [6.45, 7) is 3.15. The van der Waals surface area contributed by atoms with Gasteiger partial charge in [0.05, 0.1) is 16.8 Å². The van der Waals surface area contributed by atoms with E-state index in [1.54, 1.807) is 18.3 Å². The summed E-state index contributed by atoms with van der Waals surface area (Å²) in [6.07, 6.45) is 1.64. The molecule has 1 aliphatic rings. The number of nitrogens with two attached hydrogens (primary N) is 1. The Hall–Kier alpha value is -2.56. The monoisotopic (exact) mass is 269 g/mol. The molecule has 1 aromatic heterocycles. The molecule has 1 aromatic carbocycles. The molecule has 0 saturated heterocycles. The normalized spacial score (nSPS) is 13.1. The highest BCUT2D eigenvalue weighted by atomic mass is 16.5. The second-order valence-electron chi connectivity index (χ2n) is 4.73. The van der Waals surface area contributed by atoms with Gasteiger partial charge in [-0.25, -0.2) is 4.98 Å². The van der Waals surface area contributed by atoms with Crippen molar-refractivity contribution in [3.05, 3.63) is 47.2 Å². The first-order chi connectivity index (χ1) is 9.66. The zero-order valence-corrected chi connectivity index (χ0v) is 11.1. The van der Waals surface area contributed by atoms with Crippen molar-refractivity contribution in [2.24, 2.45) is 0 Å². The number of carbonyl (C=O) groups is 1. The van der Waals surface area contributed by atoms with Gasteiger partial charge >= 0.3 is 0 Å². The number of hydrogen-bond acceptors (Lipinski definition) is 5. The Morgan fingerprint density at radius 1 is 1.40 bits per heavy atom. The number of rotatable bonds is 2. The number of ether oxygens (including phenoxy) is 1. The van der Waals surface area contributed by atoms with Gasteiger partial charge in [-0.15, -0.1) is 0 Å². The Labute approximate surface area is 116 Å². The van der Waals surface area contributed by atoms with Gasteiger partial charge in [-0.2, -0.15) is 0 Å². The fourth-order valence-corrected chi connectivity index (χ4v) is 2.26. The third-order valence-corrected chi connectivity index (χ3v) is 3.22. The third kappa shape index (κ3) is 2.07. The van der Waals surface area contributed by atoms with Crippen LogP contribution in [0, 0.1) is 6.92 Å². The van der Waals surface area contributed by atoms with E-state index in [-0.39, 0.29) is 11.6 Å². The molecule has 0 aliphatic carbocycles. The van der Waals surface area contributed by atoms with E-state index >= 15 is 0 Å². The first-order valence-corrected chi connectivity index (χ1v) is 6.43. The highest BCUT2D eigenvalue weighted by Gasteiger charge is 2.22. The number of nitrogens with zero attached hydrogens (tertiary/aromatic N) is 1. The Balaban J connectivity index is 2.09. The molecule has 2 heterocycles. The number of carbonyl (C=O) groups excluding carboxylic acids is 1. The lowest BCUT2D eigenvalue weighted by atomic mass is 10.0. The molecule has 0 fully saturated rings. The van der Waals surface area contributed by atoms with Crippen LogP contribution < -0.4 is 15.8 Å². The van der Waals surface area contributed by atoms with Crippen molar-refractivity contribution in [1.29, 1.82) is 0 Å². The number of nitrogen functional groups attached to an aromatic ring is 1. The van der Waals surface area contributed by atoms with Crippen molar-refractivity contribution in [3.8, 4) is 5.75 Å². The molecule has 0 bridgehead atoms. The van der Waals surface area contributed by atoms with Crippen molar-refractivity contribution >= 4 is 17.3 Å². The van der Waals surface area contributed by atoms with Crippen LogP contribution in [0.25, 0.3) is 0 Å². The summed E-state index contributed by atoms with van der Waals surface area (Å²) < 4.78 is 5.62. The van der Waals surface area contributed by atoms with E-state index < -0.39 is 0 Å². The van der Waals surface area contributed by atoms with Crippen molar-refractivity contribution in [2.75, 3.05) is 24.2 Å². The van der Waals surface area contributed by atoms with Gasteiger partial charge in [-0.3, -0.25) is 4.79 Å². The second kappa shape index (κ2) is 4.85. The van der Waals surface area contributed by atoms with E-state index in [0.29, 0.717) is 23.5 Å². The van der Waals surface area contributed by atoms with Gasteiger partial charge < -0.3 is 15.8 Å². The summed E-state index contributed by atoms with van der Waals surface area (Å²) in [6, 6.07) is 7.21. The quantitative estimate of drug-likeness (QED) is 0.815. The van der Waals surface area contributed by atoms with E-state index in [1.807, 2.05) is 19.1 Å². The zero-order valence-electron chi connectivity index (χ0n) is 11.1. The minimum absolute atomic E-state index is 0.167. The van der Waals surface area contributed by atoms with Crippen molar-refractivity contribution in [2.45, 2.75) is 6.92 Å². The summed E-state index contributed by atoms with van der Waals surface area (Å²) in [5.74, 6) is 0.658. The van der Waals surface area contributed by atoms with Crippen LogP contribution in [0.15, 0.2) is 30.5 Å². The summed E-state index contributed by atoms with van der Waals surface area (Å²) in [7, 11) is 0. The van der Waals surface area contributed by atoms with Gasteiger partial charge in [0.15, 0.2) is 5.75 Å². The molecule has 3 rings (SSSR count). The Kier molecular flexibility index (Phi) is 3.02. The number of benzene rings is 1. The number of pyridine rings is 1. The average molecular weight is 269 g/mol. The molecule has 0 saturated carbocycles. The molecular weight excluding hydrogens is 254 g/mol. The standard InChI is InChI=1S/C15H15N3O2/c1-9-7-11(15(16)18-8-9)13(19)10-3-2-4-12-14(10)20-6-5-17-12/h2-4,7-8,17H,5-6H2,1H3,(H2,16,18). The van der Waals surface area contributed by atoms with E-state index in [9.17, 15) is 4.79 Å². The summed E-state index contributed by atoms with van der Waals surface area (Å²) in [5, 5.41) is 3.21. The molecule has 20 heavy (non-hydrogen) atoms. The topological polar surface area (TPSA) is 77.2 Å². The molecule has 0 radical (unpaired) electrons. The van der Waals surface area contributed by atoms with E-state index in [4.69, 9.17) is 10.5 Å². The maximum absolute atomic E-state index is 12.7. The maximum Gasteiger partial charge on any atom is 0.200 e. The minimum Gasteiger partial charge on any atom is -0.489 e. The Morgan fingerprint density at radius 2 is 2.25 bits per heavy atom. The van der Waals surface area contributed by atoms with Gasteiger partial charge in [0.25, 0.3) is 0 Å². The van der Waals surface area contributed by atoms with Gasteiger partial charge in [-0.05, 0) is 30.7 Å². The predicted octanol–water partition coefficient (Wildman–Crippen LogP) is 2.01. The lowest BCUT2D eigenvalue weighted by Crippen LogP contribution is -2.20. The van der Waals surface area contributed by atoms with Crippen molar-refractivity contribution in [1.82, 2.24) is 4.98 Å². The molecular formula is C15H15N3O2. The predicted molar refractivity (Wildman–Crippen MR) is 77.2 cm³/mol. The summed E-state index contributed by atoms with van der Waals surface area (Å²) in [5.41, 5.74) is 8.46. The number of aryl methyl sites for hydroxylation is 1. The second-order valence-corrected chi connectivity index (χ2v) is 4.73. The molecule has 102 valence electrons. The number of para-hydroxylation sites is 1. The fraction of sp³-hybridized carbons (Fsp3) is 0.200.